The van der Waals surface area contributed by atoms with Crippen molar-refractivity contribution in [3.05, 3.63) is 12.3 Å². The van der Waals surface area contributed by atoms with E-state index in [1.807, 2.05) is 0 Å². The third-order valence-electron chi connectivity index (χ3n) is 2.82. The van der Waals surface area contributed by atoms with E-state index in [1.54, 1.807) is 12.3 Å². The number of nitrogens with one attached hydrogen (secondary N) is 1. The van der Waals surface area contributed by atoms with Crippen molar-refractivity contribution >= 4 is 11.7 Å². The molecule has 2 rings (SSSR count). The van der Waals surface area contributed by atoms with Gasteiger partial charge in [-0.25, -0.2) is 0 Å². The van der Waals surface area contributed by atoms with Crippen LogP contribution < -0.4 is 11.1 Å². The van der Waals surface area contributed by atoms with E-state index in [-0.39, 0.29) is 12.5 Å². The van der Waals surface area contributed by atoms with Gasteiger partial charge in [-0.2, -0.15) is 5.10 Å². The SMILES string of the molecule is Nc1ccn(CC(=O)NCCN2CCOCC2)n1. The summed E-state index contributed by atoms with van der Waals surface area (Å²) in [6.45, 7) is 5.14. The van der Waals surface area contributed by atoms with Crippen molar-refractivity contribution in [2.24, 2.45) is 0 Å². The Hall–Kier alpha value is -1.60. The Morgan fingerprint density at radius 1 is 1.50 bits per heavy atom. The largest absolute Gasteiger partial charge is 0.382 e. The summed E-state index contributed by atoms with van der Waals surface area (Å²) in [4.78, 5) is 13.9. The summed E-state index contributed by atoms with van der Waals surface area (Å²) in [6, 6.07) is 1.67. The molecular formula is C11H19N5O2. The standard InChI is InChI=1S/C11H19N5O2/c12-10-1-3-16(14-10)9-11(17)13-2-4-15-5-7-18-8-6-15/h1,3H,2,4-9H2,(H2,12,14)(H,13,17). The Morgan fingerprint density at radius 2 is 2.28 bits per heavy atom. The van der Waals surface area contributed by atoms with Crippen LogP contribution in [0, 0.1) is 0 Å². The average Bonchev–Trinajstić information content (AvgIpc) is 2.76. The van der Waals surface area contributed by atoms with Crippen LogP contribution >= 0.6 is 0 Å². The molecule has 0 saturated carbocycles. The Labute approximate surface area is 106 Å². The fourth-order valence-corrected chi connectivity index (χ4v) is 1.85. The van der Waals surface area contributed by atoms with Gasteiger partial charge in [0.25, 0.3) is 0 Å². The number of anilines is 1. The number of carbonyl (C=O) groups excluding carboxylic acids is 1. The third-order valence-corrected chi connectivity index (χ3v) is 2.82. The van der Waals surface area contributed by atoms with Crippen molar-refractivity contribution in [3.8, 4) is 0 Å². The first kappa shape index (κ1) is 12.8. The number of amides is 1. The predicted molar refractivity (Wildman–Crippen MR) is 66.9 cm³/mol. The quantitative estimate of drug-likeness (QED) is 0.697. The molecule has 0 bridgehead atoms. The molecule has 0 atom stereocenters. The first-order valence-electron chi connectivity index (χ1n) is 6.10. The smallest absolute Gasteiger partial charge is 0.241 e. The molecule has 0 radical (unpaired) electrons. The van der Waals surface area contributed by atoms with Crippen molar-refractivity contribution in [1.29, 1.82) is 0 Å². The molecule has 1 amide bonds. The maximum Gasteiger partial charge on any atom is 0.241 e. The summed E-state index contributed by atoms with van der Waals surface area (Å²) in [5.74, 6) is 0.377. The van der Waals surface area contributed by atoms with Gasteiger partial charge < -0.3 is 15.8 Å². The molecule has 0 aliphatic carbocycles. The van der Waals surface area contributed by atoms with E-state index in [4.69, 9.17) is 10.5 Å². The molecule has 1 saturated heterocycles. The number of ether oxygens (including phenoxy) is 1. The van der Waals surface area contributed by atoms with Crippen LogP contribution in [0.1, 0.15) is 0 Å². The lowest BCUT2D eigenvalue weighted by molar-refractivity contribution is -0.121. The van der Waals surface area contributed by atoms with E-state index >= 15 is 0 Å². The van der Waals surface area contributed by atoms with Gasteiger partial charge >= 0.3 is 0 Å². The lowest BCUT2D eigenvalue weighted by Gasteiger charge is -2.26. The van der Waals surface area contributed by atoms with Crippen molar-refractivity contribution in [1.82, 2.24) is 20.0 Å². The minimum Gasteiger partial charge on any atom is -0.382 e. The average molecular weight is 253 g/mol. The molecule has 7 heteroatoms. The predicted octanol–water partition coefficient (Wildman–Crippen LogP) is -1.09. The Kier molecular flexibility index (Phi) is 4.54. The molecule has 1 aromatic heterocycles. The van der Waals surface area contributed by atoms with Crippen molar-refractivity contribution in [3.63, 3.8) is 0 Å². The van der Waals surface area contributed by atoms with Gasteiger partial charge in [0.05, 0.1) is 13.2 Å². The highest BCUT2D eigenvalue weighted by Gasteiger charge is 2.10. The number of carbonyl (C=O) groups is 1. The summed E-state index contributed by atoms with van der Waals surface area (Å²) >= 11 is 0. The molecule has 1 aromatic rings. The minimum absolute atomic E-state index is 0.0497. The number of nitrogens with two attached hydrogens (primary N) is 1. The first-order valence-corrected chi connectivity index (χ1v) is 6.10. The Bertz CT molecular complexity index is 387. The number of hydrogen-bond donors (Lipinski definition) is 2. The molecule has 1 aliphatic heterocycles. The van der Waals surface area contributed by atoms with Crippen LogP contribution in [0.25, 0.3) is 0 Å². The van der Waals surface area contributed by atoms with Gasteiger partial charge in [0.2, 0.25) is 5.91 Å². The lowest BCUT2D eigenvalue weighted by Crippen LogP contribution is -2.41. The van der Waals surface area contributed by atoms with Crippen molar-refractivity contribution < 1.29 is 9.53 Å². The summed E-state index contributed by atoms with van der Waals surface area (Å²) in [7, 11) is 0. The number of rotatable bonds is 5. The van der Waals surface area contributed by atoms with Crippen molar-refractivity contribution in [2.45, 2.75) is 6.54 Å². The first-order chi connectivity index (χ1) is 8.74. The summed E-state index contributed by atoms with van der Waals surface area (Å²) in [5.41, 5.74) is 5.47. The molecule has 18 heavy (non-hydrogen) atoms. The Balaban J connectivity index is 1.62. The molecule has 0 aromatic carbocycles. The van der Waals surface area contributed by atoms with Gasteiger partial charge in [-0.15, -0.1) is 0 Å². The zero-order valence-corrected chi connectivity index (χ0v) is 10.3. The van der Waals surface area contributed by atoms with Crippen LogP contribution in [0.4, 0.5) is 5.82 Å². The van der Waals surface area contributed by atoms with E-state index < -0.39 is 0 Å². The molecule has 3 N–H and O–H groups in total. The van der Waals surface area contributed by atoms with E-state index in [2.05, 4.69) is 15.3 Å². The van der Waals surface area contributed by atoms with E-state index in [0.29, 0.717) is 12.4 Å². The van der Waals surface area contributed by atoms with Gasteiger partial charge in [-0.05, 0) is 6.07 Å². The van der Waals surface area contributed by atoms with Crippen LogP contribution in [0.2, 0.25) is 0 Å². The van der Waals surface area contributed by atoms with Gasteiger partial charge in [0, 0.05) is 32.4 Å². The molecular weight excluding hydrogens is 234 g/mol. The normalized spacial score (nSPS) is 16.7. The topological polar surface area (TPSA) is 85.4 Å². The van der Waals surface area contributed by atoms with Crippen LogP contribution in [0.3, 0.4) is 0 Å². The zero-order chi connectivity index (χ0) is 12.8. The lowest BCUT2D eigenvalue weighted by atomic mass is 10.4. The highest BCUT2D eigenvalue weighted by molar-refractivity contribution is 5.75. The summed E-state index contributed by atoms with van der Waals surface area (Å²) in [5, 5.41) is 6.82. The summed E-state index contributed by atoms with van der Waals surface area (Å²) < 4.78 is 6.78. The van der Waals surface area contributed by atoms with Gasteiger partial charge in [0.1, 0.15) is 12.4 Å². The number of nitrogen functional groups attached to an aromatic ring is 1. The Morgan fingerprint density at radius 3 is 2.94 bits per heavy atom. The second kappa shape index (κ2) is 6.36. The van der Waals surface area contributed by atoms with Gasteiger partial charge in [-0.1, -0.05) is 0 Å². The molecule has 0 unspecified atom stereocenters. The second-order valence-electron chi connectivity index (χ2n) is 4.24. The fraction of sp³-hybridized carbons (Fsp3) is 0.636. The fourth-order valence-electron chi connectivity index (χ4n) is 1.85. The molecule has 1 fully saturated rings. The molecule has 0 spiro atoms. The number of aromatic nitrogens is 2. The molecule has 7 nitrogen and oxygen atoms in total. The molecule has 1 aliphatic rings. The number of hydrogen-bond acceptors (Lipinski definition) is 5. The van der Waals surface area contributed by atoms with Crippen LogP contribution in [-0.2, 0) is 16.1 Å². The van der Waals surface area contributed by atoms with Crippen LogP contribution in [0.5, 0.6) is 0 Å². The van der Waals surface area contributed by atoms with Crippen LogP contribution in [0.15, 0.2) is 12.3 Å². The van der Waals surface area contributed by atoms with Crippen LogP contribution in [-0.4, -0.2) is 60.0 Å². The highest BCUT2D eigenvalue weighted by atomic mass is 16.5. The number of morpholine rings is 1. The maximum atomic E-state index is 11.6. The monoisotopic (exact) mass is 253 g/mol. The van der Waals surface area contributed by atoms with E-state index in [9.17, 15) is 4.79 Å². The maximum absolute atomic E-state index is 11.6. The van der Waals surface area contributed by atoms with E-state index in [1.165, 1.54) is 4.68 Å². The van der Waals surface area contributed by atoms with Gasteiger partial charge in [-0.3, -0.25) is 14.4 Å². The van der Waals surface area contributed by atoms with E-state index in [0.717, 1.165) is 32.8 Å². The molecule has 100 valence electrons. The van der Waals surface area contributed by atoms with Gasteiger partial charge in [0.15, 0.2) is 0 Å². The third kappa shape index (κ3) is 4.01. The zero-order valence-electron chi connectivity index (χ0n) is 10.3. The number of nitrogens with zero attached hydrogens (tertiary/aromatic N) is 3. The summed E-state index contributed by atoms with van der Waals surface area (Å²) in [6.07, 6.45) is 1.69. The van der Waals surface area contributed by atoms with Crippen molar-refractivity contribution in [2.75, 3.05) is 45.1 Å². The molecule has 2 heterocycles. The second-order valence-corrected chi connectivity index (χ2v) is 4.24. The highest BCUT2D eigenvalue weighted by Crippen LogP contribution is 1.96. The minimum atomic E-state index is -0.0497.